The molecule has 13 heteroatoms. The van der Waals surface area contributed by atoms with E-state index in [0.29, 0.717) is 17.5 Å². The van der Waals surface area contributed by atoms with Crippen LogP contribution < -0.4 is 9.47 Å². The van der Waals surface area contributed by atoms with Gasteiger partial charge in [0.15, 0.2) is 5.82 Å². The molecule has 0 aliphatic carbocycles. The van der Waals surface area contributed by atoms with Gasteiger partial charge < -0.3 is 9.47 Å². The first-order valence-corrected chi connectivity index (χ1v) is 11.6. The van der Waals surface area contributed by atoms with Gasteiger partial charge in [-0.25, -0.2) is 17.2 Å². The lowest BCUT2D eigenvalue weighted by atomic mass is 10.1. The summed E-state index contributed by atoms with van der Waals surface area (Å²) < 4.78 is 100. The van der Waals surface area contributed by atoms with Crippen molar-refractivity contribution in [1.29, 1.82) is 0 Å². The molecule has 3 aromatic rings. The van der Waals surface area contributed by atoms with E-state index in [1.165, 1.54) is 4.31 Å². The Hall–Kier alpha value is -2.51. The van der Waals surface area contributed by atoms with E-state index < -0.39 is 33.8 Å². The van der Waals surface area contributed by atoms with E-state index in [0.717, 1.165) is 47.7 Å². The second-order valence-electron chi connectivity index (χ2n) is 6.95. The minimum atomic E-state index is -4.87. The van der Waals surface area contributed by atoms with Crippen LogP contribution in [0.15, 0.2) is 41.3 Å². The Morgan fingerprint density at radius 3 is 2.34 bits per heavy atom. The maximum Gasteiger partial charge on any atom is 0.573 e. The van der Waals surface area contributed by atoms with E-state index in [4.69, 9.17) is 4.74 Å². The van der Waals surface area contributed by atoms with E-state index in [-0.39, 0.29) is 34.8 Å². The van der Waals surface area contributed by atoms with Crippen molar-refractivity contribution in [2.75, 3.05) is 13.1 Å². The van der Waals surface area contributed by atoms with Crippen molar-refractivity contribution < 1.29 is 39.8 Å². The SMILES string of the molecule is O=S(=O)(c1ccc(OC(F)(F)F)cc1)N1CCC(Oc2nc3c(F)cc(F)cc3s2)CC1. The smallest absolute Gasteiger partial charge is 0.467 e. The maximum absolute atomic E-state index is 13.8. The van der Waals surface area contributed by atoms with Crippen LogP contribution in [0.3, 0.4) is 0 Å². The van der Waals surface area contributed by atoms with Crippen molar-refractivity contribution in [1.82, 2.24) is 9.29 Å². The summed E-state index contributed by atoms with van der Waals surface area (Å²) in [6, 6.07) is 5.86. The minimum Gasteiger partial charge on any atom is -0.467 e. The zero-order valence-corrected chi connectivity index (χ0v) is 17.7. The van der Waals surface area contributed by atoms with Crippen LogP contribution in [-0.4, -0.2) is 43.3 Å². The summed E-state index contributed by atoms with van der Waals surface area (Å²) in [4.78, 5) is 3.87. The van der Waals surface area contributed by atoms with Gasteiger partial charge in [-0.15, -0.1) is 13.2 Å². The molecule has 0 radical (unpaired) electrons. The number of hydrogen-bond acceptors (Lipinski definition) is 6. The Morgan fingerprint density at radius 1 is 1.06 bits per heavy atom. The van der Waals surface area contributed by atoms with Crippen LogP contribution in [0.2, 0.25) is 0 Å². The average molecular weight is 494 g/mol. The van der Waals surface area contributed by atoms with Crippen LogP contribution in [-0.2, 0) is 10.0 Å². The number of benzene rings is 2. The molecule has 172 valence electrons. The lowest BCUT2D eigenvalue weighted by Crippen LogP contribution is -2.41. The molecular weight excluding hydrogens is 479 g/mol. The molecule has 1 aliphatic heterocycles. The number of ether oxygens (including phenoxy) is 2. The number of aromatic nitrogens is 1. The summed E-state index contributed by atoms with van der Waals surface area (Å²) in [7, 11) is -3.91. The van der Waals surface area contributed by atoms with Gasteiger partial charge in [-0.2, -0.15) is 9.29 Å². The number of piperidine rings is 1. The molecule has 0 bridgehead atoms. The first kappa shape index (κ1) is 22.7. The van der Waals surface area contributed by atoms with Crippen molar-refractivity contribution in [2.45, 2.75) is 30.2 Å². The molecule has 0 spiro atoms. The van der Waals surface area contributed by atoms with Gasteiger partial charge in [0.05, 0.1) is 9.60 Å². The summed E-state index contributed by atoms with van der Waals surface area (Å²) in [6.45, 7) is 0.226. The number of sulfonamides is 1. The number of thiazole rings is 1. The fourth-order valence-electron chi connectivity index (χ4n) is 3.28. The summed E-state index contributed by atoms with van der Waals surface area (Å²) in [5.74, 6) is -2.03. The normalized spacial score (nSPS) is 16.4. The molecule has 2 heterocycles. The predicted molar refractivity (Wildman–Crippen MR) is 105 cm³/mol. The highest BCUT2D eigenvalue weighted by Gasteiger charge is 2.33. The van der Waals surface area contributed by atoms with E-state index in [2.05, 4.69) is 9.72 Å². The topological polar surface area (TPSA) is 68.7 Å². The number of alkyl halides is 3. The van der Waals surface area contributed by atoms with Crippen LogP contribution >= 0.6 is 11.3 Å². The van der Waals surface area contributed by atoms with Crippen LogP contribution in [0.4, 0.5) is 22.0 Å². The van der Waals surface area contributed by atoms with Crippen molar-refractivity contribution in [2.24, 2.45) is 0 Å². The lowest BCUT2D eigenvalue weighted by Gasteiger charge is -2.30. The third-order valence-corrected chi connectivity index (χ3v) is 7.56. The van der Waals surface area contributed by atoms with Crippen LogP contribution in [0, 0.1) is 11.6 Å². The molecule has 1 saturated heterocycles. The van der Waals surface area contributed by atoms with Gasteiger partial charge in [0.2, 0.25) is 10.0 Å². The number of nitrogens with zero attached hydrogens (tertiary/aromatic N) is 2. The van der Waals surface area contributed by atoms with Crippen molar-refractivity contribution >= 4 is 31.6 Å². The Labute approximate surface area is 183 Å². The molecule has 1 aromatic heterocycles. The molecule has 0 N–H and O–H groups in total. The molecule has 0 unspecified atom stereocenters. The molecule has 0 saturated carbocycles. The second-order valence-corrected chi connectivity index (χ2v) is 9.89. The number of fused-ring (bicyclic) bond motifs is 1. The Kier molecular flexibility index (Phi) is 5.98. The van der Waals surface area contributed by atoms with Gasteiger partial charge in [0, 0.05) is 19.2 Å². The van der Waals surface area contributed by atoms with Gasteiger partial charge in [0.1, 0.15) is 23.2 Å². The molecule has 2 aromatic carbocycles. The van der Waals surface area contributed by atoms with Crippen molar-refractivity contribution in [3.63, 3.8) is 0 Å². The summed E-state index contributed by atoms with van der Waals surface area (Å²) in [6.07, 6.45) is -4.61. The average Bonchev–Trinajstić information content (AvgIpc) is 3.10. The highest BCUT2D eigenvalue weighted by atomic mass is 32.2. The zero-order chi connectivity index (χ0) is 23.1. The third-order valence-electron chi connectivity index (χ3n) is 4.76. The first-order valence-electron chi connectivity index (χ1n) is 9.29. The largest absolute Gasteiger partial charge is 0.573 e. The van der Waals surface area contributed by atoms with Crippen molar-refractivity contribution in [3.8, 4) is 10.9 Å². The van der Waals surface area contributed by atoms with Gasteiger partial charge in [-0.05, 0) is 43.2 Å². The number of halogens is 5. The standard InChI is InChI=1S/C19H15F5N2O4S2/c20-11-9-15(21)17-16(10-11)31-18(25-17)29-12-5-7-26(8-6-12)32(27,28)14-3-1-13(2-4-14)30-19(22,23)24/h1-4,9-10,12H,5-8H2. The predicted octanol–water partition coefficient (Wildman–Crippen LogP) is 4.71. The second kappa shape index (κ2) is 8.45. The van der Waals surface area contributed by atoms with E-state index in [1.807, 2.05) is 0 Å². The fourth-order valence-corrected chi connectivity index (χ4v) is 5.67. The van der Waals surface area contributed by atoms with Crippen LogP contribution in [0.5, 0.6) is 10.9 Å². The highest BCUT2D eigenvalue weighted by Crippen LogP contribution is 2.32. The Morgan fingerprint density at radius 2 is 1.72 bits per heavy atom. The van der Waals surface area contributed by atoms with Gasteiger partial charge >= 0.3 is 6.36 Å². The van der Waals surface area contributed by atoms with E-state index in [9.17, 15) is 30.4 Å². The summed E-state index contributed by atoms with van der Waals surface area (Å²) >= 11 is 0.990. The molecule has 0 amide bonds. The third kappa shape index (κ3) is 4.94. The molecule has 32 heavy (non-hydrogen) atoms. The highest BCUT2D eigenvalue weighted by molar-refractivity contribution is 7.89. The summed E-state index contributed by atoms with van der Waals surface area (Å²) in [5, 5.41) is 0.158. The quantitative estimate of drug-likeness (QED) is 0.481. The van der Waals surface area contributed by atoms with E-state index >= 15 is 0 Å². The lowest BCUT2D eigenvalue weighted by molar-refractivity contribution is -0.274. The maximum atomic E-state index is 13.8. The fraction of sp³-hybridized carbons (Fsp3) is 0.316. The van der Waals surface area contributed by atoms with E-state index in [1.54, 1.807) is 0 Å². The minimum absolute atomic E-state index is 0.00404. The Bertz CT molecular complexity index is 1220. The van der Waals surface area contributed by atoms with Gasteiger partial charge in [-0.3, -0.25) is 0 Å². The monoisotopic (exact) mass is 494 g/mol. The van der Waals surface area contributed by atoms with Gasteiger partial charge in [0.25, 0.3) is 5.19 Å². The molecule has 1 aliphatic rings. The zero-order valence-electron chi connectivity index (χ0n) is 16.1. The number of rotatable bonds is 5. The Balaban J connectivity index is 1.39. The molecule has 1 fully saturated rings. The van der Waals surface area contributed by atoms with Crippen LogP contribution in [0.1, 0.15) is 12.8 Å². The molecule has 4 rings (SSSR count). The first-order chi connectivity index (χ1) is 15.0. The number of hydrogen-bond donors (Lipinski definition) is 0. The summed E-state index contributed by atoms with van der Waals surface area (Å²) in [5.41, 5.74) is 0.00404. The van der Waals surface area contributed by atoms with Crippen LogP contribution in [0.25, 0.3) is 10.2 Å². The molecular formula is C19H15F5N2O4S2. The van der Waals surface area contributed by atoms with Crippen molar-refractivity contribution in [3.05, 3.63) is 48.0 Å². The molecule has 0 atom stereocenters. The molecule has 6 nitrogen and oxygen atoms in total. The van der Waals surface area contributed by atoms with Gasteiger partial charge in [-0.1, -0.05) is 11.3 Å².